The molecular weight excluding hydrogens is 767 g/mol. The summed E-state index contributed by atoms with van der Waals surface area (Å²) in [6, 6.07) is -0.637. The molecule has 0 spiro atoms. The number of esters is 1. The van der Waals surface area contributed by atoms with E-state index in [0.717, 1.165) is 57.8 Å². The van der Waals surface area contributed by atoms with Crippen molar-refractivity contribution in [2.45, 2.75) is 321 Å². The van der Waals surface area contributed by atoms with Crippen LogP contribution < -0.4 is 5.32 Å². The number of rotatable bonds is 52. The van der Waals surface area contributed by atoms with Gasteiger partial charge in [0.15, 0.2) is 0 Å². The van der Waals surface area contributed by atoms with Gasteiger partial charge in [-0.15, -0.1) is 0 Å². The zero-order valence-electron chi connectivity index (χ0n) is 41.9. The van der Waals surface area contributed by atoms with E-state index in [1.54, 1.807) is 6.08 Å². The summed E-state index contributed by atoms with van der Waals surface area (Å²) >= 11 is 0. The average molecular weight is 876 g/mol. The van der Waals surface area contributed by atoms with E-state index in [4.69, 9.17) is 4.74 Å². The Morgan fingerprint density at radius 1 is 0.435 bits per heavy atom. The first-order valence-corrected chi connectivity index (χ1v) is 28.0. The van der Waals surface area contributed by atoms with Gasteiger partial charge in [0.1, 0.15) is 0 Å². The van der Waals surface area contributed by atoms with Crippen molar-refractivity contribution in [1.29, 1.82) is 0 Å². The third-order valence-corrected chi connectivity index (χ3v) is 13.1. The van der Waals surface area contributed by atoms with Crippen molar-refractivity contribution < 1.29 is 24.5 Å². The van der Waals surface area contributed by atoms with Crippen molar-refractivity contribution in [1.82, 2.24) is 5.32 Å². The smallest absolute Gasteiger partial charge is 0.305 e. The predicted octanol–water partition coefficient (Wildman–Crippen LogP) is 16.9. The second-order valence-corrected chi connectivity index (χ2v) is 19.3. The molecule has 2 unspecified atom stereocenters. The first-order valence-electron chi connectivity index (χ1n) is 28.0. The molecule has 6 heteroatoms. The van der Waals surface area contributed by atoms with Crippen LogP contribution in [-0.4, -0.2) is 47.4 Å². The molecule has 0 aromatic heterocycles. The Labute approximate surface area is 387 Å². The molecule has 62 heavy (non-hydrogen) atoms. The fourth-order valence-corrected chi connectivity index (χ4v) is 8.75. The minimum Gasteiger partial charge on any atom is -0.466 e. The number of hydrogen-bond donors (Lipinski definition) is 3. The molecule has 3 N–H and O–H groups in total. The van der Waals surface area contributed by atoms with Gasteiger partial charge in [-0.2, -0.15) is 0 Å². The number of carbonyl (C=O) groups excluding carboxylic acids is 2. The quantitative estimate of drug-likeness (QED) is 0.0321. The lowest BCUT2D eigenvalue weighted by Crippen LogP contribution is -2.45. The lowest BCUT2D eigenvalue weighted by atomic mass is 10.0. The van der Waals surface area contributed by atoms with Gasteiger partial charge in [-0.3, -0.25) is 9.59 Å². The molecule has 0 aromatic rings. The molecule has 0 saturated carbocycles. The number of carbonyl (C=O) groups is 2. The molecule has 0 saturated heterocycles. The predicted molar refractivity (Wildman–Crippen MR) is 269 cm³/mol. The van der Waals surface area contributed by atoms with E-state index in [2.05, 4.69) is 19.2 Å². The van der Waals surface area contributed by atoms with Crippen molar-refractivity contribution >= 4 is 11.9 Å². The van der Waals surface area contributed by atoms with E-state index < -0.39 is 12.1 Å². The molecule has 0 aliphatic heterocycles. The van der Waals surface area contributed by atoms with Gasteiger partial charge in [0, 0.05) is 12.8 Å². The Morgan fingerprint density at radius 2 is 0.742 bits per heavy atom. The number of allylic oxidation sites excluding steroid dienone is 1. The fraction of sp³-hybridized carbons (Fsp3) is 0.929. The lowest BCUT2D eigenvalue weighted by molar-refractivity contribution is -0.143. The molecule has 6 nitrogen and oxygen atoms in total. The molecule has 0 bridgehead atoms. The minimum atomic E-state index is -0.852. The molecule has 0 aliphatic rings. The number of amides is 1. The molecule has 0 aliphatic carbocycles. The van der Waals surface area contributed by atoms with E-state index >= 15 is 0 Å². The Morgan fingerprint density at radius 3 is 1.10 bits per heavy atom. The zero-order valence-corrected chi connectivity index (χ0v) is 41.9. The highest BCUT2D eigenvalue weighted by molar-refractivity contribution is 5.76. The Hall–Kier alpha value is -1.40. The van der Waals surface area contributed by atoms with Crippen LogP contribution in [0, 0.1) is 0 Å². The van der Waals surface area contributed by atoms with Crippen molar-refractivity contribution in [2.24, 2.45) is 0 Å². The van der Waals surface area contributed by atoms with Gasteiger partial charge in [0.25, 0.3) is 0 Å². The first kappa shape index (κ1) is 60.6. The molecule has 0 fully saturated rings. The maximum atomic E-state index is 12.5. The molecule has 2 atom stereocenters. The van der Waals surface area contributed by atoms with Crippen molar-refractivity contribution in [3.05, 3.63) is 12.2 Å². The van der Waals surface area contributed by atoms with Crippen LogP contribution in [0.2, 0.25) is 0 Å². The first-order chi connectivity index (χ1) is 30.5. The van der Waals surface area contributed by atoms with E-state index in [1.165, 1.54) is 225 Å². The summed E-state index contributed by atoms with van der Waals surface area (Å²) in [5.41, 5.74) is 0. The van der Waals surface area contributed by atoms with Gasteiger partial charge in [-0.1, -0.05) is 276 Å². The number of hydrogen-bond acceptors (Lipinski definition) is 5. The van der Waals surface area contributed by atoms with E-state index in [-0.39, 0.29) is 18.5 Å². The highest BCUT2D eigenvalue weighted by Gasteiger charge is 2.18. The molecule has 0 heterocycles. The van der Waals surface area contributed by atoms with Crippen LogP contribution in [0.1, 0.15) is 309 Å². The summed E-state index contributed by atoms with van der Waals surface area (Å²) in [4.78, 5) is 24.5. The SMILES string of the molecule is CCCCCCCCCCCCCCCCCCCC/C=C/C(O)C(CO)NC(=O)CCCCCCCCCCCCCCCOC(=O)CCCCCCCCCCCCCC. The maximum absolute atomic E-state index is 12.5. The van der Waals surface area contributed by atoms with Crippen LogP contribution in [-0.2, 0) is 14.3 Å². The topological polar surface area (TPSA) is 95.9 Å². The van der Waals surface area contributed by atoms with E-state index in [0.29, 0.717) is 19.4 Å². The van der Waals surface area contributed by atoms with Gasteiger partial charge in [0.05, 0.1) is 25.4 Å². The van der Waals surface area contributed by atoms with Gasteiger partial charge in [0.2, 0.25) is 5.91 Å². The summed E-state index contributed by atoms with van der Waals surface area (Å²) in [5.74, 6) is -0.0833. The Bertz CT molecular complexity index is 924. The third kappa shape index (κ3) is 48.1. The summed E-state index contributed by atoms with van der Waals surface area (Å²) < 4.78 is 5.46. The maximum Gasteiger partial charge on any atom is 0.305 e. The number of aliphatic hydroxyl groups is 2. The summed E-state index contributed by atoms with van der Waals surface area (Å²) in [7, 11) is 0. The lowest BCUT2D eigenvalue weighted by Gasteiger charge is -2.20. The van der Waals surface area contributed by atoms with Crippen LogP contribution in [0.25, 0.3) is 0 Å². The van der Waals surface area contributed by atoms with E-state index in [9.17, 15) is 19.8 Å². The fourth-order valence-electron chi connectivity index (χ4n) is 8.75. The third-order valence-electron chi connectivity index (χ3n) is 13.1. The van der Waals surface area contributed by atoms with Crippen molar-refractivity contribution in [3.63, 3.8) is 0 Å². The highest BCUT2D eigenvalue weighted by Crippen LogP contribution is 2.17. The van der Waals surface area contributed by atoms with Crippen molar-refractivity contribution in [3.8, 4) is 0 Å². The largest absolute Gasteiger partial charge is 0.466 e. The summed E-state index contributed by atoms with van der Waals surface area (Å²) in [6.45, 7) is 4.89. The summed E-state index contributed by atoms with van der Waals surface area (Å²) in [5, 5.41) is 23.1. The molecule has 1 amide bonds. The molecule has 0 rings (SSSR count). The van der Waals surface area contributed by atoms with Crippen LogP contribution >= 0.6 is 0 Å². The van der Waals surface area contributed by atoms with Crippen LogP contribution in [0.3, 0.4) is 0 Å². The van der Waals surface area contributed by atoms with Crippen LogP contribution in [0.4, 0.5) is 0 Å². The van der Waals surface area contributed by atoms with Gasteiger partial charge >= 0.3 is 5.97 Å². The second-order valence-electron chi connectivity index (χ2n) is 19.3. The van der Waals surface area contributed by atoms with Gasteiger partial charge < -0.3 is 20.3 Å². The molecule has 0 aromatic carbocycles. The standard InChI is InChI=1S/C56H109NO5/c1-3-5-7-9-11-13-15-17-18-19-20-21-22-23-25-28-32-36-40-44-48-54(59)53(52-58)57-55(60)49-45-41-37-33-29-26-24-27-31-35-39-43-47-51-62-56(61)50-46-42-38-34-30-16-14-12-10-8-6-4-2/h44,48,53-54,58-59H,3-43,45-47,49-52H2,1-2H3,(H,57,60)/b48-44+. The zero-order chi connectivity index (χ0) is 45.1. The number of aliphatic hydroxyl groups excluding tert-OH is 2. The molecule has 0 radical (unpaired) electrons. The minimum absolute atomic E-state index is 0.00553. The van der Waals surface area contributed by atoms with Gasteiger partial charge in [-0.25, -0.2) is 0 Å². The second kappa shape index (κ2) is 52.2. The normalized spacial score (nSPS) is 12.6. The monoisotopic (exact) mass is 876 g/mol. The van der Waals surface area contributed by atoms with Gasteiger partial charge in [-0.05, 0) is 32.1 Å². The molecular formula is C56H109NO5. The number of nitrogens with one attached hydrogen (secondary N) is 1. The Balaban J connectivity index is 3.48. The van der Waals surface area contributed by atoms with Crippen LogP contribution in [0.15, 0.2) is 12.2 Å². The Kier molecular flexibility index (Phi) is 51.0. The van der Waals surface area contributed by atoms with E-state index in [1.807, 2.05) is 6.08 Å². The summed E-state index contributed by atoms with van der Waals surface area (Å²) in [6.07, 6.45) is 60.8. The number of ether oxygens (including phenoxy) is 1. The average Bonchev–Trinajstić information content (AvgIpc) is 3.27. The van der Waals surface area contributed by atoms with Crippen LogP contribution in [0.5, 0.6) is 0 Å². The van der Waals surface area contributed by atoms with Crippen molar-refractivity contribution in [2.75, 3.05) is 13.2 Å². The highest BCUT2D eigenvalue weighted by atomic mass is 16.5. The molecule has 368 valence electrons. The number of unbranched alkanes of at least 4 members (excludes halogenated alkanes) is 41.